The Morgan fingerprint density at radius 2 is 2.00 bits per heavy atom. The molecule has 2 rings (SSSR count). The molecule has 21 heavy (non-hydrogen) atoms. The summed E-state index contributed by atoms with van der Waals surface area (Å²) in [6.07, 6.45) is -0.396. The lowest BCUT2D eigenvalue weighted by atomic mass is 10.4. The molecule has 1 atom stereocenters. The van der Waals surface area contributed by atoms with E-state index in [2.05, 4.69) is 10.2 Å². The zero-order valence-corrected chi connectivity index (χ0v) is 13.0. The fourth-order valence-corrected chi connectivity index (χ4v) is 4.22. The van der Waals surface area contributed by atoms with Crippen LogP contribution in [-0.2, 0) is 14.6 Å². The number of hydrogen-bond acceptors (Lipinski definition) is 8. The van der Waals surface area contributed by atoms with Gasteiger partial charge in [-0.05, 0) is 6.42 Å². The Balaban J connectivity index is 2.29. The summed E-state index contributed by atoms with van der Waals surface area (Å²) < 4.78 is 23.7. The van der Waals surface area contributed by atoms with Crippen LogP contribution < -0.4 is 4.90 Å². The number of likely N-dealkylation sites (N-methyl/N-ethyl adjacent to an activating group) is 1. The van der Waals surface area contributed by atoms with Crippen LogP contribution in [0.1, 0.15) is 19.8 Å². The Morgan fingerprint density at radius 1 is 1.33 bits per heavy atom. The molecule has 0 radical (unpaired) electrons. The highest BCUT2D eigenvalue weighted by molar-refractivity contribution is 7.93. The molecule has 2 heterocycles. The van der Waals surface area contributed by atoms with Crippen molar-refractivity contribution in [3.05, 3.63) is 0 Å². The lowest BCUT2D eigenvalue weighted by Crippen LogP contribution is -2.31. The minimum atomic E-state index is -3.57. The molecule has 1 aromatic rings. The van der Waals surface area contributed by atoms with E-state index in [1.54, 1.807) is 0 Å². The van der Waals surface area contributed by atoms with Gasteiger partial charge in [-0.25, -0.2) is 18.1 Å². The molecule has 11 heteroatoms. The predicted molar refractivity (Wildman–Crippen MR) is 73.5 cm³/mol. The summed E-state index contributed by atoms with van der Waals surface area (Å²) >= 11 is 0.635. The average Bonchev–Trinajstić information content (AvgIpc) is 2.99. The predicted octanol–water partition coefficient (Wildman–Crippen LogP) is -0.171. The van der Waals surface area contributed by atoms with Gasteiger partial charge in [0.1, 0.15) is 0 Å². The highest BCUT2D eigenvalue weighted by Gasteiger charge is 2.45. The first-order valence-electron chi connectivity index (χ1n) is 6.14. The van der Waals surface area contributed by atoms with Gasteiger partial charge in [0.15, 0.2) is 0 Å². The van der Waals surface area contributed by atoms with E-state index in [0.29, 0.717) is 29.1 Å². The smallest absolute Gasteiger partial charge is 0.335 e. The average molecular weight is 334 g/mol. The van der Waals surface area contributed by atoms with E-state index in [-0.39, 0.29) is 15.2 Å². The normalized spacial score (nSPS) is 19.7. The zero-order valence-electron chi connectivity index (χ0n) is 11.4. The molecule has 0 aliphatic carbocycles. The minimum absolute atomic E-state index is 0.0669. The van der Waals surface area contributed by atoms with Crippen LogP contribution in [0.2, 0.25) is 0 Å². The Bertz CT molecular complexity index is 651. The van der Waals surface area contributed by atoms with Gasteiger partial charge < -0.3 is 5.11 Å². The van der Waals surface area contributed by atoms with Gasteiger partial charge in [0, 0.05) is 7.05 Å². The number of aliphatic hydroxyl groups is 1. The largest absolute Gasteiger partial charge is 0.365 e. The van der Waals surface area contributed by atoms with E-state index in [9.17, 15) is 23.1 Å². The summed E-state index contributed by atoms with van der Waals surface area (Å²) in [5.74, 6) is -0.945. The third-order valence-electron chi connectivity index (χ3n) is 2.92. The van der Waals surface area contributed by atoms with Crippen LogP contribution in [0.15, 0.2) is 4.34 Å². The summed E-state index contributed by atoms with van der Waals surface area (Å²) in [6, 6.07) is -0.777. The number of rotatable bonds is 5. The Morgan fingerprint density at radius 3 is 2.52 bits per heavy atom. The van der Waals surface area contributed by atoms with Gasteiger partial charge >= 0.3 is 6.03 Å². The van der Waals surface area contributed by atoms with Crippen molar-refractivity contribution in [2.45, 2.75) is 30.3 Å². The van der Waals surface area contributed by atoms with Crippen molar-refractivity contribution in [2.24, 2.45) is 0 Å². The first kappa shape index (κ1) is 15.8. The maximum atomic E-state index is 12.0. The summed E-state index contributed by atoms with van der Waals surface area (Å²) in [7, 11) is -2.32. The molecule has 1 aliphatic rings. The third kappa shape index (κ3) is 2.76. The first-order valence-corrected chi connectivity index (χ1v) is 8.61. The molecule has 1 aromatic heterocycles. The molecule has 3 amide bonds. The van der Waals surface area contributed by atoms with Gasteiger partial charge in [0.2, 0.25) is 25.5 Å². The van der Waals surface area contributed by atoms with Gasteiger partial charge in [-0.2, -0.15) is 0 Å². The highest BCUT2D eigenvalue weighted by Crippen LogP contribution is 2.29. The van der Waals surface area contributed by atoms with Crippen LogP contribution in [0.4, 0.5) is 9.93 Å². The number of aliphatic hydroxyl groups excluding tert-OH is 1. The van der Waals surface area contributed by atoms with Crippen LogP contribution in [0, 0.1) is 0 Å². The van der Waals surface area contributed by atoms with E-state index in [1.165, 1.54) is 7.05 Å². The van der Waals surface area contributed by atoms with E-state index in [4.69, 9.17) is 0 Å². The summed E-state index contributed by atoms with van der Waals surface area (Å²) in [5.41, 5.74) is 0. The van der Waals surface area contributed by atoms with Crippen molar-refractivity contribution in [3.63, 3.8) is 0 Å². The second-order valence-electron chi connectivity index (χ2n) is 4.46. The fraction of sp³-hybridized carbons (Fsp3) is 0.600. The molecule has 1 N–H and O–H groups in total. The molecule has 1 saturated heterocycles. The summed E-state index contributed by atoms with van der Waals surface area (Å²) in [5, 5.41) is 16.5. The SMILES string of the molecule is CCCCS(=O)(=O)c1nnc(N2C(=O)C(O)N(C)C2=O)s1. The van der Waals surface area contributed by atoms with Gasteiger partial charge in [-0.15, -0.1) is 10.2 Å². The van der Waals surface area contributed by atoms with Crippen molar-refractivity contribution in [1.82, 2.24) is 15.1 Å². The van der Waals surface area contributed by atoms with E-state index in [0.717, 1.165) is 4.90 Å². The topological polar surface area (TPSA) is 121 Å². The number of aromatic nitrogens is 2. The number of imide groups is 1. The number of unbranched alkanes of at least 4 members (excludes halogenated alkanes) is 1. The number of carbonyl (C=O) groups excluding carboxylic acids is 2. The lowest BCUT2D eigenvalue weighted by molar-refractivity contribution is -0.128. The molecule has 0 spiro atoms. The van der Waals surface area contributed by atoms with Crippen molar-refractivity contribution in [1.29, 1.82) is 0 Å². The van der Waals surface area contributed by atoms with Crippen molar-refractivity contribution in [3.8, 4) is 0 Å². The molecule has 1 aliphatic heterocycles. The molecular formula is C10H14N4O5S2. The molecule has 1 fully saturated rings. The number of hydrogen-bond donors (Lipinski definition) is 1. The minimum Gasteiger partial charge on any atom is -0.365 e. The van der Waals surface area contributed by atoms with Crippen LogP contribution in [-0.4, -0.2) is 59.6 Å². The van der Waals surface area contributed by atoms with Crippen LogP contribution in [0.5, 0.6) is 0 Å². The Labute approximate surface area is 125 Å². The molecule has 116 valence electrons. The number of carbonyl (C=O) groups is 2. The fourth-order valence-electron chi connectivity index (χ4n) is 1.65. The van der Waals surface area contributed by atoms with Gasteiger partial charge in [-0.1, -0.05) is 24.7 Å². The van der Waals surface area contributed by atoms with E-state index >= 15 is 0 Å². The van der Waals surface area contributed by atoms with Gasteiger partial charge in [0.25, 0.3) is 5.91 Å². The number of sulfone groups is 1. The van der Waals surface area contributed by atoms with Crippen molar-refractivity contribution in [2.75, 3.05) is 17.7 Å². The Hall–Kier alpha value is -1.59. The van der Waals surface area contributed by atoms with E-state index in [1.807, 2.05) is 6.92 Å². The van der Waals surface area contributed by atoms with Crippen LogP contribution in [0.25, 0.3) is 0 Å². The van der Waals surface area contributed by atoms with Gasteiger partial charge in [-0.3, -0.25) is 9.69 Å². The molecule has 9 nitrogen and oxygen atoms in total. The van der Waals surface area contributed by atoms with Crippen molar-refractivity contribution >= 4 is 38.2 Å². The molecule has 1 unspecified atom stereocenters. The van der Waals surface area contributed by atoms with Gasteiger partial charge in [0.05, 0.1) is 5.75 Å². The lowest BCUT2D eigenvalue weighted by Gasteiger charge is -2.09. The first-order chi connectivity index (χ1) is 9.79. The maximum absolute atomic E-state index is 12.0. The third-order valence-corrected chi connectivity index (χ3v) is 6.08. The number of nitrogens with zero attached hydrogens (tertiary/aromatic N) is 4. The van der Waals surface area contributed by atoms with Crippen LogP contribution >= 0.6 is 11.3 Å². The van der Waals surface area contributed by atoms with Crippen LogP contribution in [0.3, 0.4) is 0 Å². The molecule has 0 saturated carbocycles. The quantitative estimate of drug-likeness (QED) is 0.586. The standard InChI is InChI=1S/C10H14N4O5S2/c1-3-4-5-21(18,19)9-12-11-8(20-9)14-7(16)6(15)13(2)10(14)17/h6,15H,3-5H2,1-2H3. The molecular weight excluding hydrogens is 320 g/mol. The molecule has 0 aromatic carbocycles. The van der Waals surface area contributed by atoms with Crippen molar-refractivity contribution < 1.29 is 23.1 Å². The monoisotopic (exact) mass is 334 g/mol. The second-order valence-corrected chi connectivity index (χ2v) is 7.70. The zero-order chi connectivity index (χ0) is 15.8. The number of anilines is 1. The number of amides is 3. The number of urea groups is 1. The Kier molecular flexibility index (Phi) is 4.25. The molecule has 0 bridgehead atoms. The summed E-state index contributed by atoms with van der Waals surface area (Å²) in [4.78, 5) is 25.0. The second kappa shape index (κ2) is 5.66. The highest BCUT2D eigenvalue weighted by atomic mass is 32.2. The maximum Gasteiger partial charge on any atom is 0.335 e. The summed E-state index contributed by atoms with van der Waals surface area (Å²) in [6.45, 7) is 1.86. The van der Waals surface area contributed by atoms with E-state index < -0.39 is 28.0 Å².